The largest absolute Gasteiger partial charge is 0.469 e. The monoisotopic (exact) mass is 631 g/mol. The zero-order valence-corrected chi connectivity index (χ0v) is 28.3. The van der Waals surface area contributed by atoms with Crippen LogP contribution in [-0.2, 0) is 4.74 Å². The van der Waals surface area contributed by atoms with Gasteiger partial charge in [-0.25, -0.2) is 4.99 Å². The third-order valence-corrected chi connectivity index (χ3v) is 10.8. The lowest BCUT2D eigenvalue weighted by Crippen LogP contribution is -2.41. The maximum Gasteiger partial charge on any atom is 0.217 e. The van der Waals surface area contributed by atoms with E-state index in [1.807, 2.05) is 0 Å². The highest BCUT2D eigenvalue weighted by molar-refractivity contribution is 6.22. The lowest BCUT2D eigenvalue weighted by Gasteiger charge is -2.30. The lowest BCUT2D eigenvalue weighted by molar-refractivity contribution is 0.0619. The molecule has 9 rings (SSSR count). The van der Waals surface area contributed by atoms with Crippen LogP contribution in [0.15, 0.2) is 157 Å². The van der Waals surface area contributed by atoms with Gasteiger partial charge in [0.15, 0.2) is 0 Å². The minimum absolute atomic E-state index is 0.288. The van der Waals surface area contributed by atoms with E-state index >= 15 is 0 Å². The smallest absolute Gasteiger partial charge is 0.217 e. The molecule has 0 saturated carbocycles. The molecule has 0 unspecified atom stereocenters. The van der Waals surface area contributed by atoms with Gasteiger partial charge in [0.1, 0.15) is 5.60 Å². The van der Waals surface area contributed by atoms with E-state index in [1.165, 1.54) is 70.9 Å². The van der Waals surface area contributed by atoms with Crippen LogP contribution in [0.5, 0.6) is 0 Å². The second-order valence-electron chi connectivity index (χ2n) is 14.3. The maximum atomic E-state index is 6.32. The summed E-state index contributed by atoms with van der Waals surface area (Å²) in [6.45, 7) is 8.48. The summed E-state index contributed by atoms with van der Waals surface area (Å²) in [5.41, 5.74) is 7.67. The molecule has 0 amide bonds. The number of nitrogens with zero attached hydrogens (tertiary/aromatic N) is 1. The molecule has 1 heterocycles. The Morgan fingerprint density at radius 3 is 1.39 bits per heavy atom. The molecule has 0 N–H and O–H groups in total. The fourth-order valence-corrected chi connectivity index (χ4v) is 7.38. The fraction of sp³-hybridized carbons (Fsp3) is 0.128. The number of hydrogen-bond donors (Lipinski definition) is 0. The Labute approximate surface area is 287 Å². The van der Waals surface area contributed by atoms with Crippen molar-refractivity contribution in [2.24, 2.45) is 4.99 Å². The molecule has 236 valence electrons. The highest BCUT2D eigenvalue weighted by atomic mass is 16.5. The van der Waals surface area contributed by atoms with Gasteiger partial charge < -0.3 is 4.74 Å². The number of fused-ring (bicyclic) bond motifs is 4. The van der Waals surface area contributed by atoms with Gasteiger partial charge in [-0.3, -0.25) is 0 Å². The molecule has 2 nitrogen and oxygen atoms in total. The van der Waals surface area contributed by atoms with Crippen LogP contribution in [0.4, 0.5) is 0 Å². The summed E-state index contributed by atoms with van der Waals surface area (Å²) >= 11 is 0. The molecule has 1 aliphatic rings. The predicted octanol–water partition coefficient (Wildman–Crippen LogP) is 12.6. The van der Waals surface area contributed by atoms with E-state index in [9.17, 15) is 0 Å². The molecule has 0 fully saturated rings. The summed E-state index contributed by atoms with van der Waals surface area (Å²) in [4.78, 5) is 4.93. The Hall–Kier alpha value is -5.73. The zero-order chi connectivity index (χ0) is 33.3. The summed E-state index contributed by atoms with van der Waals surface area (Å²) in [6, 6.07) is 55.6. The minimum Gasteiger partial charge on any atom is -0.469 e. The van der Waals surface area contributed by atoms with Crippen molar-refractivity contribution in [3.05, 3.63) is 157 Å². The normalized spacial score (nSPS) is 15.1. The van der Waals surface area contributed by atoms with E-state index in [4.69, 9.17) is 9.73 Å². The first-order valence-corrected chi connectivity index (χ1v) is 17.1. The van der Waals surface area contributed by atoms with Crippen LogP contribution in [0.1, 0.15) is 33.3 Å². The third-order valence-electron chi connectivity index (χ3n) is 10.8. The van der Waals surface area contributed by atoms with Crippen molar-refractivity contribution in [3.8, 4) is 33.4 Å². The third kappa shape index (κ3) is 4.82. The van der Waals surface area contributed by atoms with Gasteiger partial charge in [0, 0.05) is 5.56 Å². The van der Waals surface area contributed by atoms with Crippen LogP contribution >= 0.6 is 0 Å². The molecule has 0 bridgehead atoms. The molecule has 0 aromatic heterocycles. The molecule has 1 aliphatic heterocycles. The molecule has 8 aromatic rings. The van der Waals surface area contributed by atoms with Crippen molar-refractivity contribution >= 4 is 49.0 Å². The first kappa shape index (κ1) is 29.4. The van der Waals surface area contributed by atoms with Gasteiger partial charge in [-0.05, 0) is 134 Å². The Morgan fingerprint density at radius 1 is 0.388 bits per heavy atom. The van der Waals surface area contributed by atoms with E-state index in [-0.39, 0.29) is 11.1 Å². The Bertz CT molecular complexity index is 2620. The highest BCUT2D eigenvalue weighted by Gasteiger charge is 2.45. The quantitative estimate of drug-likeness (QED) is 0.177. The van der Waals surface area contributed by atoms with Gasteiger partial charge in [0.25, 0.3) is 0 Å². The Balaban J connectivity index is 1.28. The topological polar surface area (TPSA) is 21.6 Å². The number of benzene rings is 8. The molecular weight excluding hydrogens is 595 g/mol. The Kier molecular flexibility index (Phi) is 6.54. The second kappa shape index (κ2) is 10.9. The van der Waals surface area contributed by atoms with Crippen molar-refractivity contribution in [1.29, 1.82) is 0 Å². The van der Waals surface area contributed by atoms with Crippen LogP contribution in [0, 0.1) is 0 Å². The van der Waals surface area contributed by atoms with Crippen molar-refractivity contribution in [1.82, 2.24) is 0 Å². The van der Waals surface area contributed by atoms with Gasteiger partial charge in [0.2, 0.25) is 5.90 Å². The SMILES string of the molecule is CC1(C)N=C(c2ccc(-c3ccc4c(-c5ccc6ccccc6c5)c5ccccc5c(-c5ccc6ccccc6c5)c4c3)cc2)OC1(C)C. The van der Waals surface area contributed by atoms with Crippen LogP contribution in [-0.4, -0.2) is 17.0 Å². The highest BCUT2D eigenvalue weighted by Crippen LogP contribution is 2.46. The molecule has 0 saturated heterocycles. The summed E-state index contributed by atoms with van der Waals surface area (Å²) in [5, 5.41) is 9.98. The molecule has 8 aromatic carbocycles. The first-order valence-electron chi connectivity index (χ1n) is 17.1. The van der Waals surface area contributed by atoms with E-state index < -0.39 is 0 Å². The van der Waals surface area contributed by atoms with E-state index in [1.54, 1.807) is 0 Å². The number of hydrogen-bond acceptors (Lipinski definition) is 2. The first-order chi connectivity index (χ1) is 23.8. The van der Waals surface area contributed by atoms with E-state index in [0.717, 1.165) is 11.1 Å². The van der Waals surface area contributed by atoms with Crippen LogP contribution in [0.2, 0.25) is 0 Å². The molecular formula is C47H37NO. The van der Waals surface area contributed by atoms with Crippen LogP contribution in [0.25, 0.3) is 76.5 Å². The molecule has 49 heavy (non-hydrogen) atoms. The molecule has 0 atom stereocenters. The second-order valence-corrected chi connectivity index (χ2v) is 14.3. The molecule has 0 spiro atoms. The van der Waals surface area contributed by atoms with Gasteiger partial charge >= 0.3 is 0 Å². The predicted molar refractivity (Wildman–Crippen MR) is 209 cm³/mol. The molecule has 2 heteroatoms. The van der Waals surface area contributed by atoms with Gasteiger partial charge in [0.05, 0.1) is 5.54 Å². The summed E-state index contributed by atoms with van der Waals surface area (Å²) in [6.07, 6.45) is 0. The van der Waals surface area contributed by atoms with Crippen molar-refractivity contribution in [2.75, 3.05) is 0 Å². The standard InChI is InChI=1S/C47H37NO/c1-46(2)47(3,4)49-45(48-46)33-21-17-32(18-22-33)36-25-26-41-42(29-36)44(38-24-20-31-12-6-8-14-35(31)28-38)40-16-10-9-15-39(40)43(41)37-23-19-30-11-5-7-13-34(30)27-37/h5-29H,1-4H3. The van der Waals surface area contributed by atoms with Gasteiger partial charge in [-0.1, -0.05) is 121 Å². The lowest BCUT2D eigenvalue weighted by atomic mass is 9.84. The van der Waals surface area contributed by atoms with Crippen molar-refractivity contribution in [2.45, 2.75) is 38.8 Å². The van der Waals surface area contributed by atoms with E-state index in [0.29, 0.717) is 5.90 Å². The average molecular weight is 632 g/mol. The summed E-state index contributed by atoms with van der Waals surface area (Å²) in [7, 11) is 0. The fourth-order valence-electron chi connectivity index (χ4n) is 7.38. The summed E-state index contributed by atoms with van der Waals surface area (Å²) in [5.74, 6) is 0.713. The average Bonchev–Trinajstić information content (AvgIpc) is 3.35. The van der Waals surface area contributed by atoms with E-state index in [2.05, 4.69) is 179 Å². The molecule has 0 radical (unpaired) electrons. The minimum atomic E-state index is -0.357. The Morgan fingerprint density at radius 2 is 0.837 bits per heavy atom. The van der Waals surface area contributed by atoms with Crippen molar-refractivity contribution < 1.29 is 4.74 Å². The number of aliphatic imine (C=N–C) groups is 1. The summed E-state index contributed by atoms with van der Waals surface area (Å²) < 4.78 is 6.32. The van der Waals surface area contributed by atoms with Crippen LogP contribution < -0.4 is 0 Å². The van der Waals surface area contributed by atoms with Crippen LogP contribution in [0.3, 0.4) is 0 Å². The maximum absolute atomic E-state index is 6.32. The zero-order valence-electron chi connectivity index (χ0n) is 28.3. The van der Waals surface area contributed by atoms with Gasteiger partial charge in [-0.2, -0.15) is 0 Å². The number of ether oxygens (including phenoxy) is 1. The van der Waals surface area contributed by atoms with Gasteiger partial charge in [-0.15, -0.1) is 0 Å². The van der Waals surface area contributed by atoms with Crippen molar-refractivity contribution in [3.63, 3.8) is 0 Å². The number of rotatable bonds is 4. The molecule has 0 aliphatic carbocycles.